The first-order chi connectivity index (χ1) is 12.3. The number of benzene rings is 1. The molecule has 0 saturated carbocycles. The molecule has 0 spiro atoms. The topological polar surface area (TPSA) is 119 Å². The minimum absolute atomic E-state index is 0.0691. The van der Waals surface area contributed by atoms with Crippen LogP contribution < -0.4 is 15.4 Å². The molecule has 1 saturated heterocycles. The average Bonchev–Trinajstić information content (AvgIpc) is 3.08. The highest BCUT2D eigenvalue weighted by Crippen LogP contribution is 2.30. The Balaban J connectivity index is 1.73. The fourth-order valence-electron chi connectivity index (χ4n) is 3.40. The van der Waals surface area contributed by atoms with Crippen molar-refractivity contribution in [3.8, 4) is 0 Å². The van der Waals surface area contributed by atoms with Crippen molar-refractivity contribution in [2.45, 2.75) is 49.7 Å². The van der Waals surface area contributed by atoms with Crippen molar-refractivity contribution < 1.29 is 22.7 Å². The van der Waals surface area contributed by atoms with E-state index in [4.69, 9.17) is 10.5 Å². The number of hydrogen-bond donors (Lipinski definition) is 2. The largest absolute Gasteiger partial charge is 0.367 e. The number of carbonyl (C=O) groups is 2. The standard InChI is InChI=1S/C17H23N3O5S/c1-11(21)20-8-2-3-12-4-6-14(9-15(12)20)26(23,24)19-10-13-5-7-16(25-13)17(18)22/h4,6,9,13,16,19H,2-3,5,7-8,10H2,1H3,(H2,18,22). The van der Waals surface area contributed by atoms with Crippen molar-refractivity contribution in [2.75, 3.05) is 18.0 Å². The lowest BCUT2D eigenvalue weighted by Crippen LogP contribution is -2.35. The van der Waals surface area contributed by atoms with Crippen molar-refractivity contribution in [1.82, 2.24) is 4.72 Å². The number of ether oxygens (including phenoxy) is 1. The van der Waals surface area contributed by atoms with Gasteiger partial charge >= 0.3 is 0 Å². The molecule has 2 atom stereocenters. The first kappa shape index (κ1) is 18.8. The van der Waals surface area contributed by atoms with Crippen LogP contribution in [-0.2, 0) is 30.8 Å². The van der Waals surface area contributed by atoms with E-state index in [-0.39, 0.29) is 23.5 Å². The summed E-state index contributed by atoms with van der Waals surface area (Å²) in [6.45, 7) is 2.13. The van der Waals surface area contributed by atoms with Gasteiger partial charge in [0.25, 0.3) is 0 Å². The van der Waals surface area contributed by atoms with Gasteiger partial charge in [-0.15, -0.1) is 0 Å². The average molecular weight is 381 g/mol. The van der Waals surface area contributed by atoms with Crippen LogP contribution >= 0.6 is 0 Å². The van der Waals surface area contributed by atoms with E-state index in [9.17, 15) is 18.0 Å². The lowest BCUT2D eigenvalue weighted by Gasteiger charge is -2.29. The molecule has 0 bridgehead atoms. The van der Waals surface area contributed by atoms with E-state index in [0.717, 1.165) is 18.4 Å². The Morgan fingerprint density at radius 1 is 1.35 bits per heavy atom. The van der Waals surface area contributed by atoms with Crippen LogP contribution in [0.5, 0.6) is 0 Å². The number of hydrogen-bond acceptors (Lipinski definition) is 5. The van der Waals surface area contributed by atoms with E-state index in [1.54, 1.807) is 23.1 Å². The first-order valence-electron chi connectivity index (χ1n) is 8.63. The van der Waals surface area contributed by atoms with E-state index in [1.807, 2.05) is 0 Å². The normalized spacial score (nSPS) is 22.9. The summed E-state index contributed by atoms with van der Waals surface area (Å²) in [5.74, 6) is -0.639. The Hall–Kier alpha value is -1.97. The number of nitrogens with one attached hydrogen (secondary N) is 1. The molecule has 1 aromatic rings. The van der Waals surface area contributed by atoms with E-state index in [2.05, 4.69) is 4.72 Å². The first-order valence-corrected chi connectivity index (χ1v) is 10.1. The summed E-state index contributed by atoms with van der Waals surface area (Å²) >= 11 is 0. The smallest absolute Gasteiger partial charge is 0.246 e. The molecule has 0 radical (unpaired) electrons. The van der Waals surface area contributed by atoms with Gasteiger partial charge in [0, 0.05) is 25.7 Å². The number of rotatable bonds is 5. The molecule has 2 aliphatic heterocycles. The van der Waals surface area contributed by atoms with Crippen LogP contribution in [-0.4, -0.2) is 45.5 Å². The Morgan fingerprint density at radius 3 is 2.77 bits per heavy atom. The summed E-state index contributed by atoms with van der Waals surface area (Å²) in [7, 11) is -3.75. The van der Waals surface area contributed by atoms with Crippen molar-refractivity contribution in [3.63, 3.8) is 0 Å². The van der Waals surface area contributed by atoms with Gasteiger partial charge in [0.2, 0.25) is 21.8 Å². The van der Waals surface area contributed by atoms with E-state index in [0.29, 0.717) is 25.1 Å². The molecule has 2 heterocycles. The van der Waals surface area contributed by atoms with Crippen LogP contribution in [0.3, 0.4) is 0 Å². The molecule has 3 N–H and O–H groups in total. The third-order valence-electron chi connectivity index (χ3n) is 4.79. The van der Waals surface area contributed by atoms with E-state index in [1.165, 1.54) is 6.92 Å². The number of nitrogens with zero attached hydrogens (tertiary/aromatic N) is 1. The highest BCUT2D eigenvalue weighted by molar-refractivity contribution is 7.89. The molecular weight excluding hydrogens is 358 g/mol. The Labute approximate surface area is 152 Å². The third-order valence-corrected chi connectivity index (χ3v) is 6.21. The van der Waals surface area contributed by atoms with Gasteiger partial charge in [-0.25, -0.2) is 13.1 Å². The molecular formula is C17H23N3O5S. The van der Waals surface area contributed by atoms with Crippen molar-refractivity contribution >= 4 is 27.5 Å². The summed E-state index contributed by atoms with van der Waals surface area (Å²) in [6, 6.07) is 4.85. The van der Waals surface area contributed by atoms with Crippen LogP contribution in [0.15, 0.2) is 23.1 Å². The molecule has 8 nitrogen and oxygen atoms in total. The van der Waals surface area contributed by atoms with Gasteiger partial charge in [0.15, 0.2) is 0 Å². The minimum Gasteiger partial charge on any atom is -0.367 e. The minimum atomic E-state index is -3.75. The zero-order valence-corrected chi connectivity index (χ0v) is 15.4. The number of aryl methyl sites for hydroxylation is 1. The SMILES string of the molecule is CC(=O)N1CCCc2ccc(S(=O)(=O)NCC3CCC(C(N)=O)O3)cc21. The molecule has 9 heteroatoms. The molecule has 2 aliphatic rings. The second kappa shape index (κ2) is 7.34. The number of anilines is 1. The fraction of sp³-hybridized carbons (Fsp3) is 0.529. The van der Waals surface area contributed by atoms with Gasteiger partial charge in [0.1, 0.15) is 6.10 Å². The number of primary amides is 1. The maximum absolute atomic E-state index is 12.6. The summed E-state index contributed by atoms with van der Waals surface area (Å²) < 4.78 is 33.2. The third kappa shape index (κ3) is 3.89. The van der Waals surface area contributed by atoms with Gasteiger partial charge in [0.05, 0.1) is 11.0 Å². The van der Waals surface area contributed by atoms with Gasteiger partial charge in [-0.1, -0.05) is 6.07 Å². The number of carbonyl (C=O) groups excluding carboxylic acids is 2. The highest BCUT2D eigenvalue weighted by Gasteiger charge is 2.30. The zero-order valence-electron chi connectivity index (χ0n) is 14.6. The molecule has 0 aliphatic carbocycles. The molecule has 26 heavy (non-hydrogen) atoms. The summed E-state index contributed by atoms with van der Waals surface area (Å²) in [6.07, 6.45) is 1.70. The lowest BCUT2D eigenvalue weighted by molar-refractivity contribution is -0.128. The number of fused-ring (bicyclic) bond motifs is 1. The number of amides is 2. The van der Waals surface area contributed by atoms with Crippen molar-refractivity contribution in [2.24, 2.45) is 5.73 Å². The van der Waals surface area contributed by atoms with E-state index < -0.39 is 22.0 Å². The number of sulfonamides is 1. The second-order valence-corrected chi connectivity index (χ2v) is 8.41. The summed E-state index contributed by atoms with van der Waals surface area (Å²) in [4.78, 5) is 24.6. The Kier molecular flexibility index (Phi) is 5.31. The quantitative estimate of drug-likeness (QED) is 0.760. The van der Waals surface area contributed by atoms with Crippen LogP contribution in [0, 0.1) is 0 Å². The maximum Gasteiger partial charge on any atom is 0.246 e. The fourth-order valence-corrected chi connectivity index (χ4v) is 4.49. The predicted octanol–water partition coefficient (Wildman–Crippen LogP) is 0.297. The summed E-state index contributed by atoms with van der Waals surface area (Å²) in [5, 5.41) is 0. The van der Waals surface area contributed by atoms with Crippen LogP contribution in [0.2, 0.25) is 0 Å². The number of nitrogens with two attached hydrogens (primary N) is 1. The van der Waals surface area contributed by atoms with E-state index >= 15 is 0 Å². The monoisotopic (exact) mass is 381 g/mol. The zero-order chi connectivity index (χ0) is 18.9. The molecule has 142 valence electrons. The van der Waals surface area contributed by atoms with Crippen molar-refractivity contribution in [3.05, 3.63) is 23.8 Å². The summed E-state index contributed by atoms with van der Waals surface area (Å²) in [5.41, 5.74) is 6.82. The molecule has 2 amide bonds. The lowest BCUT2D eigenvalue weighted by atomic mass is 10.0. The molecule has 0 aromatic heterocycles. The second-order valence-electron chi connectivity index (χ2n) is 6.64. The Morgan fingerprint density at radius 2 is 2.12 bits per heavy atom. The van der Waals surface area contributed by atoms with Gasteiger partial charge < -0.3 is 15.4 Å². The van der Waals surface area contributed by atoms with Crippen LogP contribution in [0.4, 0.5) is 5.69 Å². The molecule has 2 unspecified atom stereocenters. The predicted molar refractivity (Wildman–Crippen MR) is 95.1 cm³/mol. The maximum atomic E-state index is 12.6. The van der Waals surface area contributed by atoms with Gasteiger partial charge in [-0.3, -0.25) is 9.59 Å². The van der Waals surface area contributed by atoms with Crippen LogP contribution in [0.1, 0.15) is 31.7 Å². The molecule has 1 aromatic carbocycles. The van der Waals surface area contributed by atoms with Crippen molar-refractivity contribution in [1.29, 1.82) is 0 Å². The van der Waals surface area contributed by atoms with Crippen LogP contribution in [0.25, 0.3) is 0 Å². The van der Waals surface area contributed by atoms with Gasteiger partial charge in [-0.05, 0) is 43.4 Å². The van der Waals surface area contributed by atoms with Gasteiger partial charge in [-0.2, -0.15) is 0 Å². The Bertz CT molecular complexity index is 824. The highest BCUT2D eigenvalue weighted by atomic mass is 32.2. The molecule has 1 fully saturated rings. The molecule has 3 rings (SSSR count).